The van der Waals surface area contributed by atoms with Gasteiger partial charge < -0.3 is 5.11 Å². The summed E-state index contributed by atoms with van der Waals surface area (Å²) in [5.41, 5.74) is -0.638. The zero-order chi connectivity index (χ0) is 17.9. The van der Waals surface area contributed by atoms with E-state index in [0.717, 1.165) is 36.4 Å². The summed E-state index contributed by atoms with van der Waals surface area (Å²) in [6.45, 7) is 0. The van der Waals surface area contributed by atoms with Crippen LogP contribution in [0.5, 0.6) is 0 Å². The lowest BCUT2D eigenvalue weighted by molar-refractivity contribution is -0.137. The first kappa shape index (κ1) is 17.5. The Bertz CT molecular complexity index is 796. The fourth-order valence-electron chi connectivity index (χ4n) is 2.54. The van der Waals surface area contributed by atoms with Gasteiger partial charge in [-0.25, -0.2) is 17.6 Å². The molecule has 2 atom stereocenters. The molecule has 0 bridgehead atoms. The van der Waals surface area contributed by atoms with E-state index in [0.29, 0.717) is 0 Å². The molecule has 2 aromatic carbocycles. The second-order valence-electron chi connectivity index (χ2n) is 5.12. The number of carboxylic acid groups (broad SMARTS) is 1. The Morgan fingerprint density at radius 2 is 1.67 bits per heavy atom. The summed E-state index contributed by atoms with van der Waals surface area (Å²) in [4.78, 5) is 11.1. The molecule has 2 rings (SSSR count). The molecule has 0 saturated carbocycles. The number of nitrogens with zero attached hydrogens (tertiary/aromatic N) is 1. The molecular formula is C17H11F4NO2. The number of halogens is 4. The Morgan fingerprint density at radius 3 is 2.17 bits per heavy atom. The molecular weight excluding hydrogens is 326 g/mol. The van der Waals surface area contributed by atoms with E-state index in [1.807, 2.05) is 0 Å². The second kappa shape index (κ2) is 7.13. The Morgan fingerprint density at radius 1 is 1.04 bits per heavy atom. The minimum Gasteiger partial charge on any atom is -0.481 e. The van der Waals surface area contributed by atoms with Crippen molar-refractivity contribution in [3.63, 3.8) is 0 Å². The van der Waals surface area contributed by atoms with Crippen molar-refractivity contribution in [1.29, 1.82) is 5.26 Å². The van der Waals surface area contributed by atoms with E-state index in [4.69, 9.17) is 5.11 Å². The SMILES string of the molecule is N#C[C@H](c1ccc(F)c(F)c1)[C@H](CC(=O)O)c1c(F)cccc1F. The van der Waals surface area contributed by atoms with E-state index >= 15 is 0 Å². The van der Waals surface area contributed by atoms with Crippen LogP contribution in [-0.2, 0) is 4.79 Å². The molecule has 124 valence electrons. The van der Waals surface area contributed by atoms with Crippen LogP contribution in [0.4, 0.5) is 17.6 Å². The molecule has 1 N–H and O–H groups in total. The van der Waals surface area contributed by atoms with Gasteiger partial charge in [0.15, 0.2) is 11.6 Å². The van der Waals surface area contributed by atoms with Gasteiger partial charge in [0, 0.05) is 11.5 Å². The molecule has 0 aliphatic carbocycles. The fourth-order valence-corrected chi connectivity index (χ4v) is 2.54. The second-order valence-corrected chi connectivity index (χ2v) is 5.12. The lowest BCUT2D eigenvalue weighted by Gasteiger charge is -2.22. The molecule has 24 heavy (non-hydrogen) atoms. The molecule has 0 aromatic heterocycles. The Balaban J connectivity index is 2.59. The number of nitriles is 1. The number of rotatable bonds is 5. The fraction of sp³-hybridized carbons (Fsp3) is 0.176. The predicted octanol–water partition coefficient (Wildman–Crippen LogP) is 4.11. The van der Waals surface area contributed by atoms with Gasteiger partial charge >= 0.3 is 5.97 Å². The highest BCUT2D eigenvalue weighted by Gasteiger charge is 2.32. The van der Waals surface area contributed by atoms with Crippen LogP contribution < -0.4 is 0 Å². The molecule has 0 saturated heterocycles. The first-order chi connectivity index (χ1) is 11.3. The van der Waals surface area contributed by atoms with Gasteiger partial charge in [-0.3, -0.25) is 4.79 Å². The van der Waals surface area contributed by atoms with Gasteiger partial charge in [-0.15, -0.1) is 0 Å². The van der Waals surface area contributed by atoms with Crippen LogP contribution in [0, 0.1) is 34.6 Å². The van der Waals surface area contributed by atoms with E-state index in [1.54, 1.807) is 6.07 Å². The number of hydrogen-bond donors (Lipinski definition) is 1. The van der Waals surface area contributed by atoms with Crippen molar-refractivity contribution in [2.24, 2.45) is 0 Å². The summed E-state index contributed by atoms with van der Waals surface area (Å²) in [6, 6.07) is 7.29. The maximum absolute atomic E-state index is 14.0. The highest BCUT2D eigenvalue weighted by atomic mass is 19.2. The van der Waals surface area contributed by atoms with Crippen molar-refractivity contribution >= 4 is 5.97 Å². The number of hydrogen-bond acceptors (Lipinski definition) is 2. The van der Waals surface area contributed by atoms with E-state index in [1.165, 1.54) is 0 Å². The lowest BCUT2D eigenvalue weighted by atomic mass is 9.79. The third-order valence-corrected chi connectivity index (χ3v) is 3.61. The van der Waals surface area contributed by atoms with Crippen molar-refractivity contribution in [3.05, 3.63) is 70.8 Å². The lowest BCUT2D eigenvalue weighted by Crippen LogP contribution is -2.17. The average Bonchev–Trinajstić information content (AvgIpc) is 2.50. The van der Waals surface area contributed by atoms with Crippen molar-refractivity contribution in [3.8, 4) is 6.07 Å². The topological polar surface area (TPSA) is 61.1 Å². The normalized spacial score (nSPS) is 13.1. The molecule has 3 nitrogen and oxygen atoms in total. The summed E-state index contributed by atoms with van der Waals surface area (Å²) in [6.07, 6.45) is -0.755. The van der Waals surface area contributed by atoms with Gasteiger partial charge in [0.25, 0.3) is 0 Å². The van der Waals surface area contributed by atoms with Gasteiger partial charge in [0.1, 0.15) is 11.6 Å². The third-order valence-electron chi connectivity index (χ3n) is 3.61. The molecule has 0 unspecified atom stereocenters. The van der Waals surface area contributed by atoms with Crippen LogP contribution in [0.3, 0.4) is 0 Å². The van der Waals surface area contributed by atoms with Crippen molar-refractivity contribution < 1.29 is 27.5 Å². The number of carbonyl (C=O) groups is 1. The number of aliphatic carboxylic acids is 1. The molecule has 0 aliphatic heterocycles. The molecule has 0 amide bonds. The summed E-state index contributed by atoms with van der Waals surface area (Å²) in [5.74, 6) is -8.57. The van der Waals surface area contributed by atoms with Crippen molar-refractivity contribution in [1.82, 2.24) is 0 Å². The molecule has 0 fully saturated rings. The standard InChI is InChI=1S/C17H11F4NO2/c18-12-5-4-9(6-15(12)21)11(8-22)10(7-16(23)24)17-13(19)2-1-3-14(17)20/h1-6,10-11H,7H2,(H,23,24)/t10-,11+/m0/s1. The minimum atomic E-state index is -1.40. The summed E-state index contributed by atoms with van der Waals surface area (Å²) in [7, 11) is 0. The molecule has 0 spiro atoms. The van der Waals surface area contributed by atoms with Crippen LogP contribution in [0.2, 0.25) is 0 Å². The highest BCUT2D eigenvalue weighted by molar-refractivity contribution is 5.68. The van der Waals surface area contributed by atoms with Crippen LogP contribution in [0.15, 0.2) is 36.4 Å². The summed E-state index contributed by atoms with van der Waals surface area (Å²) < 4.78 is 54.5. The van der Waals surface area contributed by atoms with E-state index < -0.39 is 53.1 Å². The number of benzene rings is 2. The van der Waals surface area contributed by atoms with Crippen LogP contribution in [0.25, 0.3) is 0 Å². The van der Waals surface area contributed by atoms with Gasteiger partial charge in [-0.05, 0) is 29.8 Å². The Labute approximate surface area is 134 Å². The van der Waals surface area contributed by atoms with Gasteiger partial charge in [-0.1, -0.05) is 12.1 Å². The van der Waals surface area contributed by atoms with Crippen LogP contribution >= 0.6 is 0 Å². The molecule has 0 radical (unpaired) electrons. The zero-order valence-electron chi connectivity index (χ0n) is 12.1. The van der Waals surface area contributed by atoms with Crippen LogP contribution in [0.1, 0.15) is 29.4 Å². The highest BCUT2D eigenvalue weighted by Crippen LogP contribution is 2.38. The summed E-state index contributed by atoms with van der Waals surface area (Å²) >= 11 is 0. The van der Waals surface area contributed by atoms with Gasteiger partial charge in [0.2, 0.25) is 0 Å². The molecule has 2 aromatic rings. The van der Waals surface area contributed by atoms with Crippen molar-refractivity contribution in [2.45, 2.75) is 18.3 Å². The van der Waals surface area contributed by atoms with E-state index in [2.05, 4.69) is 0 Å². The van der Waals surface area contributed by atoms with Crippen LogP contribution in [-0.4, -0.2) is 11.1 Å². The van der Waals surface area contributed by atoms with E-state index in [-0.39, 0.29) is 5.56 Å². The Hall–Kier alpha value is -2.88. The Kier molecular flexibility index (Phi) is 5.19. The first-order valence-electron chi connectivity index (χ1n) is 6.85. The zero-order valence-corrected chi connectivity index (χ0v) is 12.1. The van der Waals surface area contributed by atoms with Gasteiger partial charge in [-0.2, -0.15) is 5.26 Å². The van der Waals surface area contributed by atoms with E-state index in [9.17, 15) is 27.6 Å². The molecule has 0 heterocycles. The average molecular weight is 337 g/mol. The monoisotopic (exact) mass is 337 g/mol. The minimum absolute atomic E-state index is 0.0645. The molecule has 0 aliphatic rings. The maximum Gasteiger partial charge on any atom is 0.304 e. The maximum atomic E-state index is 14.0. The number of carboxylic acids is 1. The molecule has 7 heteroatoms. The third kappa shape index (κ3) is 3.54. The van der Waals surface area contributed by atoms with Gasteiger partial charge in [0.05, 0.1) is 18.4 Å². The first-order valence-corrected chi connectivity index (χ1v) is 6.85. The largest absolute Gasteiger partial charge is 0.481 e. The van der Waals surface area contributed by atoms with Crippen molar-refractivity contribution in [2.75, 3.05) is 0 Å². The predicted molar refractivity (Wildman–Crippen MR) is 76.1 cm³/mol. The summed E-state index contributed by atoms with van der Waals surface area (Å²) in [5, 5.41) is 18.4. The smallest absolute Gasteiger partial charge is 0.304 e. The quantitative estimate of drug-likeness (QED) is 0.835.